The Labute approximate surface area is 146 Å². The fourth-order valence-electron chi connectivity index (χ4n) is 2.50. The first-order valence-electron chi connectivity index (χ1n) is 7.85. The molecule has 2 N–H and O–H groups in total. The van der Waals surface area contributed by atoms with Crippen LogP contribution >= 0.6 is 22.9 Å². The van der Waals surface area contributed by atoms with Gasteiger partial charge in [0.25, 0.3) is 5.91 Å². The summed E-state index contributed by atoms with van der Waals surface area (Å²) < 4.78 is 0.619. The van der Waals surface area contributed by atoms with Crippen LogP contribution in [0.1, 0.15) is 43.3 Å². The minimum Gasteiger partial charge on any atom is -0.351 e. The number of halogens is 1. The Morgan fingerprint density at radius 1 is 1.30 bits per heavy atom. The van der Waals surface area contributed by atoms with Gasteiger partial charge in [-0.05, 0) is 51.7 Å². The molecular weight excluding hydrogens is 334 g/mol. The lowest BCUT2D eigenvalue weighted by molar-refractivity contribution is 0.0941. The molecule has 1 aromatic rings. The molecule has 7 heteroatoms. The highest BCUT2D eigenvalue weighted by Crippen LogP contribution is 2.22. The van der Waals surface area contributed by atoms with Crippen LogP contribution in [0.25, 0.3) is 0 Å². The number of carbonyl (C=O) groups excluding carboxylic acids is 2. The Hall–Kier alpha value is -1.27. The molecule has 0 aromatic carbocycles. The van der Waals surface area contributed by atoms with Gasteiger partial charge < -0.3 is 15.5 Å². The molecule has 5 nitrogen and oxygen atoms in total. The van der Waals surface area contributed by atoms with E-state index in [-0.39, 0.29) is 17.5 Å². The molecule has 1 fully saturated rings. The van der Waals surface area contributed by atoms with Gasteiger partial charge in [-0.2, -0.15) is 0 Å². The Morgan fingerprint density at radius 3 is 2.48 bits per heavy atom. The third-order valence-electron chi connectivity index (χ3n) is 3.73. The van der Waals surface area contributed by atoms with Gasteiger partial charge in [0.15, 0.2) is 0 Å². The Bertz CT molecular complexity index is 560. The number of hydrogen-bond donors (Lipinski definition) is 2. The van der Waals surface area contributed by atoms with Crippen LogP contribution in [-0.2, 0) is 0 Å². The number of rotatable bonds is 3. The van der Waals surface area contributed by atoms with E-state index in [9.17, 15) is 9.59 Å². The summed E-state index contributed by atoms with van der Waals surface area (Å²) in [6.45, 7) is 8.03. The van der Waals surface area contributed by atoms with E-state index >= 15 is 0 Å². The highest BCUT2D eigenvalue weighted by molar-refractivity contribution is 7.17. The second-order valence-corrected chi connectivity index (χ2v) is 8.64. The molecule has 0 saturated carbocycles. The van der Waals surface area contributed by atoms with Gasteiger partial charge in [-0.15, -0.1) is 11.3 Å². The number of nitrogens with zero attached hydrogens (tertiary/aromatic N) is 1. The van der Waals surface area contributed by atoms with E-state index in [2.05, 4.69) is 10.6 Å². The summed E-state index contributed by atoms with van der Waals surface area (Å²) in [7, 11) is 0. The average molecular weight is 358 g/mol. The Kier molecular flexibility index (Phi) is 5.92. The minimum atomic E-state index is -0.218. The molecule has 3 amide bonds. The summed E-state index contributed by atoms with van der Waals surface area (Å²) in [5, 5.41) is 5.94. The van der Waals surface area contributed by atoms with E-state index in [0.717, 1.165) is 25.9 Å². The quantitative estimate of drug-likeness (QED) is 0.871. The number of hydrogen-bond acceptors (Lipinski definition) is 3. The third-order valence-corrected chi connectivity index (χ3v) is 4.96. The van der Waals surface area contributed by atoms with Gasteiger partial charge in [0, 0.05) is 25.2 Å². The zero-order valence-electron chi connectivity index (χ0n) is 13.8. The van der Waals surface area contributed by atoms with E-state index in [1.807, 2.05) is 25.7 Å². The van der Waals surface area contributed by atoms with Crippen LogP contribution in [-0.4, -0.2) is 42.0 Å². The molecule has 2 rings (SSSR count). The largest absolute Gasteiger partial charge is 0.351 e. The number of nitrogens with one attached hydrogen (secondary N) is 2. The van der Waals surface area contributed by atoms with Crippen molar-refractivity contribution in [2.24, 2.45) is 5.92 Å². The highest BCUT2D eigenvalue weighted by atomic mass is 35.5. The van der Waals surface area contributed by atoms with Gasteiger partial charge in [0.2, 0.25) is 0 Å². The maximum Gasteiger partial charge on any atom is 0.317 e. The highest BCUT2D eigenvalue weighted by Gasteiger charge is 2.25. The molecule has 1 saturated heterocycles. The Morgan fingerprint density at radius 2 is 1.96 bits per heavy atom. The average Bonchev–Trinajstić information content (AvgIpc) is 2.90. The van der Waals surface area contributed by atoms with E-state index in [1.165, 1.54) is 11.3 Å². The smallest absolute Gasteiger partial charge is 0.317 e. The van der Waals surface area contributed by atoms with Crippen LogP contribution in [0.5, 0.6) is 0 Å². The number of likely N-dealkylation sites (tertiary alicyclic amines) is 1. The first kappa shape index (κ1) is 18.1. The summed E-state index contributed by atoms with van der Waals surface area (Å²) in [5.41, 5.74) is -0.218. The molecule has 2 heterocycles. The summed E-state index contributed by atoms with van der Waals surface area (Å²) in [6.07, 6.45) is 1.81. The molecule has 0 unspecified atom stereocenters. The number of amides is 3. The maximum atomic E-state index is 12.1. The fourth-order valence-corrected chi connectivity index (χ4v) is 3.46. The van der Waals surface area contributed by atoms with Crippen molar-refractivity contribution in [3.05, 3.63) is 21.3 Å². The van der Waals surface area contributed by atoms with E-state index in [1.54, 1.807) is 12.1 Å². The van der Waals surface area contributed by atoms with Crippen molar-refractivity contribution in [1.82, 2.24) is 15.5 Å². The van der Waals surface area contributed by atoms with Gasteiger partial charge in [-0.1, -0.05) is 11.6 Å². The van der Waals surface area contributed by atoms with Gasteiger partial charge in [-0.25, -0.2) is 4.79 Å². The molecule has 1 aromatic heterocycles. The van der Waals surface area contributed by atoms with Crippen molar-refractivity contribution in [2.45, 2.75) is 39.2 Å². The molecule has 1 aliphatic rings. The minimum absolute atomic E-state index is 0.00628. The molecule has 0 bridgehead atoms. The molecule has 1 aliphatic heterocycles. The first-order valence-corrected chi connectivity index (χ1v) is 9.04. The maximum absolute atomic E-state index is 12.1. The summed E-state index contributed by atoms with van der Waals surface area (Å²) in [6, 6.07) is 3.46. The van der Waals surface area contributed by atoms with Crippen LogP contribution in [0.2, 0.25) is 4.34 Å². The number of urea groups is 1. The van der Waals surface area contributed by atoms with Crippen LogP contribution < -0.4 is 10.6 Å². The predicted octanol–water partition coefficient (Wildman–Crippen LogP) is 3.35. The van der Waals surface area contributed by atoms with Crippen LogP contribution in [0.4, 0.5) is 4.79 Å². The van der Waals surface area contributed by atoms with Crippen LogP contribution in [0.15, 0.2) is 12.1 Å². The van der Waals surface area contributed by atoms with Crippen molar-refractivity contribution in [3.8, 4) is 0 Å². The van der Waals surface area contributed by atoms with Crippen molar-refractivity contribution in [3.63, 3.8) is 0 Å². The lowest BCUT2D eigenvalue weighted by Gasteiger charge is -2.34. The second kappa shape index (κ2) is 7.53. The van der Waals surface area contributed by atoms with Crippen molar-refractivity contribution in [1.29, 1.82) is 0 Å². The standard InChI is InChI=1S/C16H24ClN3O2S/c1-16(2,3)19-15(22)20-8-6-11(7-9-20)10-18-14(21)12-4-5-13(17)23-12/h4-5,11H,6-10H2,1-3H3,(H,18,21)(H,19,22). The molecule has 0 atom stereocenters. The normalized spacial score (nSPS) is 16.3. The summed E-state index contributed by atoms with van der Waals surface area (Å²) in [5.74, 6) is 0.336. The fraction of sp³-hybridized carbons (Fsp3) is 0.625. The lowest BCUT2D eigenvalue weighted by Crippen LogP contribution is -2.51. The van der Waals surface area contributed by atoms with Crippen molar-refractivity contribution in [2.75, 3.05) is 19.6 Å². The molecule has 128 valence electrons. The molecule has 0 aliphatic carbocycles. The summed E-state index contributed by atoms with van der Waals surface area (Å²) in [4.78, 5) is 26.6. The van der Waals surface area contributed by atoms with E-state index in [4.69, 9.17) is 11.6 Å². The predicted molar refractivity (Wildman–Crippen MR) is 94.2 cm³/mol. The Balaban J connectivity index is 1.72. The molecular formula is C16H24ClN3O2S. The number of thiophene rings is 1. The van der Waals surface area contributed by atoms with Gasteiger partial charge in [0.1, 0.15) is 0 Å². The van der Waals surface area contributed by atoms with Crippen LogP contribution in [0.3, 0.4) is 0 Å². The number of piperidine rings is 1. The van der Waals surface area contributed by atoms with Gasteiger partial charge in [0.05, 0.1) is 9.21 Å². The zero-order chi connectivity index (χ0) is 17.0. The zero-order valence-corrected chi connectivity index (χ0v) is 15.4. The van der Waals surface area contributed by atoms with Crippen LogP contribution in [0, 0.1) is 5.92 Å². The molecule has 0 spiro atoms. The third kappa shape index (κ3) is 5.70. The van der Waals surface area contributed by atoms with Crippen molar-refractivity contribution < 1.29 is 9.59 Å². The number of carbonyl (C=O) groups is 2. The molecule has 23 heavy (non-hydrogen) atoms. The molecule has 0 radical (unpaired) electrons. The van der Waals surface area contributed by atoms with Crippen molar-refractivity contribution >= 4 is 34.9 Å². The second-order valence-electron chi connectivity index (χ2n) is 6.92. The SMILES string of the molecule is CC(C)(C)NC(=O)N1CCC(CNC(=O)c2ccc(Cl)s2)CC1. The van der Waals surface area contributed by atoms with E-state index < -0.39 is 0 Å². The monoisotopic (exact) mass is 357 g/mol. The lowest BCUT2D eigenvalue weighted by atomic mass is 9.97. The van der Waals surface area contributed by atoms with Gasteiger partial charge in [-0.3, -0.25) is 4.79 Å². The van der Waals surface area contributed by atoms with Gasteiger partial charge >= 0.3 is 6.03 Å². The topological polar surface area (TPSA) is 61.4 Å². The first-order chi connectivity index (χ1) is 10.7. The summed E-state index contributed by atoms with van der Waals surface area (Å²) >= 11 is 7.12. The van der Waals surface area contributed by atoms with E-state index in [0.29, 0.717) is 21.7 Å².